The van der Waals surface area contributed by atoms with E-state index in [2.05, 4.69) is 23.4 Å². The SMILES string of the molecule is COc1ccc(C(=O)Nc2ccccc2)cc1NC(=O)N(S)c1ccc(S(=O)(=O)O)cc1. The zero-order valence-electron chi connectivity index (χ0n) is 16.7. The second-order valence-corrected chi connectivity index (χ2v) is 8.27. The van der Waals surface area contributed by atoms with E-state index in [4.69, 9.17) is 9.29 Å². The largest absolute Gasteiger partial charge is 0.495 e. The number of nitrogens with zero attached hydrogens (tertiary/aromatic N) is 1. The van der Waals surface area contributed by atoms with Gasteiger partial charge in [0.1, 0.15) is 5.75 Å². The molecule has 0 aliphatic rings. The van der Waals surface area contributed by atoms with Gasteiger partial charge in [-0.2, -0.15) is 8.42 Å². The number of ether oxygens (including phenoxy) is 1. The molecular weight excluding hydrogens is 454 g/mol. The second kappa shape index (κ2) is 9.73. The van der Waals surface area contributed by atoms with Gasteiger partial charge >= 0.3 is 6.03 Å². The number of rotatable bonds is 6. The van der Waals surface area contributed by atoms with Gasteiger partial charge in [-0.05, 0) is 54.6 Å². The van der Waals surface area contributed by atoms with Gasteiger partial charge in [0, 0.05) is 11.3 Å². The minimum atomic E-state index is -4.36. The highest BCUT2D eigenvalue weighted by Gasteiger charge is 2.18. The third-order valence-electron chi connectivity index (χ3n) is 4.31. The predicted octanol–water partition coefficient (Wildman–Crippen LogP) is 4.08. The van der Waals surface area contributed by atoms with Crippen molar-refractivity contribution in [2.45, 2.75) is 4.90 Å². The lowest BCUT2D eigenvalue weighted by Crippen LogP contribution is -2.27. The summed E-state index contributed by atoms with van der Waals surface area (Å²) in [6, 6.07) is 17.6. The molecule has 166 valence electrons. The second-order valence-electron chi connectivity index (χ2n) is 6.45. The number of benzene rings is 3. The highest BCUT2D eigenvalue weighted by atomic mass is 32.2. The summed E-state index contributed by atoms with van der Waals surface area (Å²) in [5.74, 6) is -0.0593. The smallest absolute Gasteiger partial charge is 0.336 e. The first-order chi connectivity index (χ1) is 15.2. The van der Waals surface area contributed by atoms with Crippen molar-refractivity contribution in [2.75, 3.05) is 22.0 Å². The van der Waals surface area contributed by atoms with Gasteiger partial charge in [-0.25, -0.2) is 9.10 Å². The van der Waals surface area contributed by atoms with Crippen LogP contribution in [-0.2, 0) is 10.1 Å². The van der Waals surface area contributed by atoms with Crippen LogP contribution in [-0.4, -0.2) is 32.0 Å². The van der Waals surface area contributed by atoms with Crippen molar-refractivity contribution in [3.63, 3.8) is 0 Å². The summed E-state index contributed by atoms with van der Waals surface area (Å²) in [7, 11) is -2.94. The van der Waals surface area contributed by atoms with Crippen molar-refractivity contribution in [3.8, 4) is 5.75 Å². The molecule has 11 heteroatoms. The number of nitrogens with one attached hydrogen (secondary N) is 2. The zero-order valence-corrected chi connectivity index (χ0v) is 18.4. The molecule has 0 spiro atoms. The third-order valence-corrected chi connectivity index (χ3v) is 5.59. The van der Waals surface area contributed by atoms with Crippen molar-refractivity contribution in [2.24, 2.45) is 0 Å². The van der Waals surface area contributed by atoms with Crippen LogP contribution < -0.4 is 19.7 Å². The number of hydrogen-bond acceptors (Lipinski definition) is 6. The molecule has 3 aromatic carbocycles. The molecule has 3 N–H and O–H groups in total. The normalized spacial score (nSPS) is 10.8. The van der Waals surface area contributed by atoms with Gasteiger partial charge in [0.05, 0.1) is 23.4 Å². The van der Waals surface area contributed by atoms with E-state index >= 15 is 0 Å². The Morgan fingerprint density at radius 3 is 2.22 bits per heavy atom. The van der Waals surface area contributed by atoms with Gasteiger partial charge < -0.3 is 15.4 Å². The monoisotopic (exact) mass is 473 g/mol. The van der Waals surface area contributed by atoms with Crippen molar-refractivity contribution < 1.29 is 27.3 Å². The number of hydrogen-bond donors (Lipinski definition) is 4. The van der Waals surface area contributed by atoms with Crippen LogP contribution in [0.4, 0.5) is 21.9 Å². The van der Waals surface area contributed by atoms with Crippen LogP contribution in [0.3, 0.4) is 0 Å². The first-order valence-corrected chi connectivity index (χ1v) is 10.9. The first kappa shape index (κ1) is 23.1. The number of methoxy groups -OCH3 is 1. The lowest BCUT2D eigenvalue weighted by atomic mass is 10.1. The average Bonchev–Trinajstić information content (AvgIpc) is 2.78. The Bertz CT molecular complexity index is 1230. The van der Waals surface area contributed by atoms with E-state index in [-0.39, 0.29) is 27.7 Å². The van der Waals surface area contributed by atoms with E-state index in [0.717, 1.165) is 16.4 Å². The molecule has 0 saturated heterocycles. The molecular formula is C21H19N3O6S2. The van der Waals surface area contributed by atoms with E-state index in [9.17, 15) is 18.0 Å². The number of para-hydroxylation sites is 1. The Morgan fingerprint density at radius 1 is 0.969 bits per heavy atom. The number of urea groups is 1. The Balaban J connectivity index is 1.78. The number of carbonyl (C=O) groups is 2. The van der Waals surface area contributed by atoms with Crippen molar-refractivity contribution >= 4 is 51.9 Å². The molecule has 3 aromatic rings. The predicted molar refractivity (Wildman–Crippen MR) is 124 cm³/mol. The topological polar surface area (TPSA) is 125 Å². The van der Waals surface area contributed by atoms with Crippen LogP contribution in [0.2, 0.25) is 0 Å². The Morgan fingerprint density at radius 2 is 1.62 bits per heavy atom. The molecule has 0 radical (unpaired) electrons. The van der Waals surface area contributed by atoms with E-state index < -0.39 is 16.1 Å². The summed E-state index contributed by atoms with van der Waals surface area (Å²) in [4.78, 5) is 24.9. The molecule has 0 unspecified atom stereocenters. The summed E-state index contributed by atoms with van der Waals surface area (Å²) in [6.07, 6.45) is 0. The molecule has 3 amide bonds. The molecule has 0 aromatic heterocycles. The third kappa shape index (κ3) is 5.58. The van der Waals surface area contributed by atoms with Crippen molar-refractivity contribution in [1.82, 2.24) is 0 Å². The number of anilines is 3. The lowest BCUT2D eigenvalue weighted by Gasteiger charge is -2.18. The van der Waals surface area contributed by atoms with Crippen molar-refractivity contribution in [3.05, 3.63) is 78.4 Å². The highest BCUT2D eigenvalue weighted by Crippen LogP contribution is 2.28. The number of carbonyl (C=O) groups excluding carboxylic acids is 2. The zero-order chi connectivity index (χ0) is 23.3. The van der Waals surface area contributed by atoms with Gasteiger partial charge in [-0.1, -0.05) is 31.0 Å². The summed E-state index contributed by atoms with van der Waals surface area (Å²) >= 11 is 4.14. The Kier molecular flexibility index (Phi) is 7.03. The van der Waals surface area contributed by atoms with Crippen LogP contribution in [0, 0.1) is 0 Å². The summed E-state index contributed by atoms with van der Waals surface area (Å²) < 4.78 is 37.6. The summed E-state index contributed by atoms with van der Waals surface area (Å²) in [6.45, 7) is 0. The van der Waals surface area contributed by atoms with Gasteiger partial charge in [0.25, 0.3) is 16.0 Å². The van der Waals surface area contributed by atoms with E-state index in [0.29, 0.717) is 11.4 Å². The summed E-state index contributed by atoms with van der Waals surface area (Å²) in [5.41, 5.74) is 1.38. The molecule has 32 heavy (non-hydrogen) atoms. The van der Waals surface area contributed by atoms with Crippen LogP contribution in [0.5, 0.6) is 5.75 Å². The van der Waals surface area contributed by atoms with Crippen LogP contribution >= 0.6 is 12.8 Å². The first-order valence-electron chi connectivity index (χ1n) is 9.11. The molecule has 0 heterocycles. The molecule has 0 aliphatic carbocycles. The van der Waals surface area contributed by atoms with Crippen molar-refractivity contribution in [1.29, 1.82) is 0 Å². The minimum Gasteiger partial charge on any atom is -0.495 e. The average molecular weight is 474 g/mol. The fourth-order valence-corrected chi connectivity index (χ4v) is 3.38. The van der Waals surface area contributed by atoms with Gasteiger partial charge in [0.15, 0.2) is 0 Å². The number of thiol groups is 1. The molecule has 0 saturated carbocycles. The lowest BCUT2D eigenvalue weighted by molar-refractivity contribution is 0.102. The molecule has 0 bridgehead atoms. The Labute approximate surface area is 190 Å². The van der Waals surface area contributed by atoms with Gasteiger partial charge in [-0.15, -0.1) is 0 Å². The van der Waals surface area contributed by atoms with Gasteiger partial charge in [0.2, 0.25) is 0 Å². The highest BCUT2D eigenvalue weighted by molar-refractivity contribution is 7.85. The van der Waals surface area contributed by atoms with E-state index in [1.54, 1.807) is 36.4 Å². The fourth-order valence-electron chi connectivity index (χ4n) is 2.72. The quantitative estimate of drug-likeness (QED) is 0.316. The van der Waals surface area contributed by atoms with Crippen LogP contribution in [0.1, 0.15) is 10.4 Å². The fraction of sp³-hybridized carbons (Fsp3) is 0.0476. The van der Waals surface area contributed by atoms with E-state index in [1.165, 1.54) is 25.3 Å². The maximum atomic E-state index is 12.6. The van der Waals surface area contributed by atoms with Crippen LogP contribution in [0.25, 0.3) is 0 Å². The van der Waals surface area contributed by atoms with Crippen LogP contribution in [0.15, 0.2) is 77.7 Å². The summed E-state index contributed by atoms with van der Waals surface area (Å²) in [5, 5.41) is 5.36. The maximum absolute atomic E-state index is 12.6. The molecule has 9 nitrogen and oxygen atoms in total. The molecule has 3 rings (SSSR count). The Hall–Kier alpha value is -3.54. The molecule has 0 atom stereocenters. The molecule has 0 aliphatic heterocycles. The van der Waals surface area contributed by atoms with Gasteiger partial charge in [-0.3, -0.25) is 9.35 Å². The number of amides is 3. The molecule has 0 fully saturated rings. The standard InChI is InChI=1S/C21H19N3O6S2/c1-30-19-12-7-14(20(25)22-15-5-3-2-4-6-15)13-18(19)23-21(26)24(31)16-8-10-17(11-9-16)32(27,28)29/h2-13,31H,1H3,(H,22,25)(H,23,26)(H,27,28,29). The maximum Gasteiger partial charge on any atom is 0.336 e. The van der Waals surface area contributed by atoms with E-state index in [1.807, 2.05) is 6.07 Å². The minimum absolute atomic E-state index is 0.229.